The van der Waals surface area contributed by atoms with Crippen molar-refractivity contribution < 1.29 is 4.79 Å². The molecule has 3 nitrogen and oxygen atoms in total. The lowest BCUT2D eigenvalue weighted by Gasteiger charge is -2.30. The first-order chi connectivity index (χ1) is 9.02. The smallest absolute Gasteiger partial charge is 0.168 e. The summed E-state index contributed by atoms with van der Waals surface area (Å²) in [5.41, 5.74) is 2.13. The van der Waals surface area contributed by atoms with E-state index in [2.05, 4.69) is 23.8 Å². The van der Waals surface area contributed by atoms with E-state index in [4.69, 9.17) is 0 Å². The van der Waals surface area contributed by atoms with E-state index in [9.17, 15) is 4.79 Å². The summed E-state index contributed by atoms with van der Waals surface area (Å²) >= 11 is 0. The van der Waals surface area contributed by atoms with E-state index in [1.165, 1.54) is 25.7 Å². The van der Waals surface area contributed by atoms with Gasteiger partial charge >= 0.3 is 0 Å². The maximum absolute atomic E-state index is 11.2. The van der Waals surface area contributed by atoms with Crippen LogP contribution in [0.4, 0.5) is 0 Å². The van der Waals surface area contributed by atoms with Crippen LogP contribution in [0.25, 0.3) is 0 Å². The van der Waals surface area contributed by atoms with Crippen LogP contribution in [0, 0.1) is 12.3 Å². The van der Waals surface area contributed by atoms with E-state index in [1.807, 2.05) is 13.1 Å². The SMILES string of the molecule is Cc1ncc(C2CCCC(C)(C)CCC2)c(C=O)n1. The molecule has 104 valence electrons. The molecule has 0 bridgehead atoms. The Hall–Kier alpha value is -1.25. The highest BCUT2D eigenvalue weighted by Gasteiger charge is 2.24. The minimum Gasteiger partial charge on any atom is -0.296 e. The summed E-state index contributed by atoms with van der Waals surface area (Å²) in [6, 6.07) is 0. The standard InChI is InChI=1S/C16H24N2O/c1-12-17-10-14(15(11-19)18-12)13-6-4-8-16(2,3)9-5-7-13/h10-11,13H,4-9H2,1-3H3. The van der Waals surface area contributed by atoms with Crippen LogP contribution in [0.5, 0.6) is 0 Å². The summed E-state index contributed by atoms with van der Waals surface area (Å²) in [6.07, 6.45) is 10.0. The molecule has 0 N–H and O–H groups in total. The lowest BCUT2D eigenvalue weighted by atomic mass is 9.76. The Morgan fingerprint density at radius 2 is 1.89 bits per heavy atom. The molecule has 1 heterocycles. The van der Waals surface area contributed by atoms with Crippen molar-refractivity contribution in [2.75, 3.05) is 0 Å². The van der Waals surface area contributed by atoms with E-state index in [0.717, 1.165) is 24.7 Å². The molecule has 3 heteroatoms. The van der Waals surface area contributed by atoms with Crippen LogP contribution in [0.1, 0.15) is 80.2 Å². The number of aryl methyl sites for hydroxylation is 1. The second-order valence-electron chi connectivity index (χ2n) is 6.52. The number of carbonyl (C=O) groups is 1. The minimum absolute atomic E-state index is 0.455. The first kappa shape index (κ1) is 14.2. The molecule has 0 amide bonds. The third-order valence-electron chi connectivity index (χ3n) is 4.33. The van der Waals surface area contributed by atoms with Gasteiger partial charge in [-0.25, -0.2) is 9.97 Å². The summed E-state index contributed by atoms with van der Waals surface area (Å²) in [4.78, 5) is 19.7. The van der Waals surface area contributed by atoms with E-state index in [1.54, 1.807) is 0 Å². The first-order valence-corrected chi connectivity index (χ1v) is 7.30. The van der Waals surface area contributed by atoms with Gasteiger partial charge in [-0.2, -0.15) is 0 Å². The molecule has 1 aliphatic rings. The molecule has 1 aromatic heterocycles. The van der Waals surface area contributed by atoms with Crippen LogP contribution < -0.4 is 0 Å². The molecule has 19 heavy (non-hydrogen) atoms. The number of aldehydes is 1. The zero-order chi connectivity index (χ0) is 13.9. The molecular formula is C16H24N2O. The molecule has 1 aromatic rings. The molecule has 0 saturated heterocycles. The topological polar surface area (TPSA) is 42.9 Å². The fourth-order valence-corrected chi connectivity index (χ4v) is 3.14. The van der Waals surface area contributed by atoms with E-state index in [-0.39, 0.29) is 0 Å². The number of aromatic nitrogens is 2. The minimum atomic E-state index is 0.455. The van der Waals surface area contributed by atoms with Crippen LogP contribution in [0.2, 0.25) is 0 Å². The summed E-state index contributed by atoms with van der Waals surface area (Å²) in [5.74, 6) is 1.13. The van der Waals surface area contributed by atoms with Gasteiger partial charge in [-0.1, -0.05) is 26.7 Å². The molecule has 0 unspecified atom stereocenters. The van der Waals surface area contributed by atoms with Crippen LogP contribution in [-0.2, 0) is 0 Å². The molecule has 0 radical (unpaired) electrons. The van der Waals surface area contributed by atoms with Crippen LogP contribution >= 0.6 is 0 Å². The van der Waals surface area contributed by atoms with Gasteiger partial charge in [0.2, 0.25) is 0 Å². The zero-order valence-corrected chi connectivity index (χ0v) is 12.3. The number of rotatable bonds is 2. The Kier molecular flexibility index (Phi) is 4.33. The second kappa shape index (κ2) is 5.81. The summed E-state index contributed by atoms with van der Waals surface area (Å²) in [7, 11) is 0. The molecule has 0 aliphatic heterocycles. The van der Waals surface area contributed by atoms with Gasteiger partial charge in [0.05, 0.1) is 0 Å². The molecular weight excluding hydrogens is 236 g/mol. The molecule has 1 saturated carbocycles. The predicted molar refractivity (Wildman–Crippen MR) is 76.4 cm³/mol. The van der Waals surface area contributed by atoms with E-state index in [0.29, 0.717) is 22.9 Å². The average molecular weight is 260 g/mol. The maximum Gasteiger partial charge on any atom is 0.168 e. The van der Waals surface area contributed by atoms with Crippen molar-refractivity contribution in [3.63, 3.8) is 0 Å². The van der Waals surface area contributed by atoms with Gasteiger partial charge < -0.3 is 0 Å². The Morgan fingerprint density at radius 1 is 1.26 bits per heavy atom. The number of nitrogens with zero attached hydrogens (tertiary/aromatic N) is 2. The third-order valence-corrected chi connectivity index (χ3v) is 4.33. The number of hydrogen-bond donors (Lipinski definition) is 0. The summed E-state index contributed by atoms with van der Waals surface area (Å²) < 4.78 is 0. The van der Waals surface area contributed by atoms with Gasteiger partial charge in [0.1, 0.15) is 11.5 Å². The van der Waals surface area contributed by atoms with Gasteiger partial charge in [0.25, 0.3) is 0 Å². The average Bonchev–Trinajstić information content (AvgIpc) is 2.34. The van der Waals surface area contributed by atoms with Crippen molar-refractivity contribution in [1.29, 1.82) is 0 Å². The fraction of sp³-hybridized carbons (Fsp3) is 0.688. The molecule has 2 rings (SSSR count). The van der Waals surface area contributed by atoms with Crippen LogP contribution in [0.3, 0.4) is 0 Å². The molecule has 1 aliphatic carbocycles. The first-order valence-electron chi connectivity index (χ1n) is 7.30. The number of carbonyl (C=O) groups excluding carboxylic acids is 1. The molecule has 0 spiro atoms. The number of hydrogen-bond acceptors (Lipinski definition) is 3. The largest absolute Gasteiger partial charge is 0.296 e. The van der Waals surface area contributed by atoms with Crippen molar-refractivity contribution in [3.05, 3.63) is 23.3 Å². The van der Waals surface area contributed by atoms with Crippen LogP contribution in [-0.4, -0.2) is 16.3 Å². The van der Waals surface area contributed by atoms with Gasteiger partial charge in [0, 0.05) is 11.8 Å². The highest BCUT2D eigenvalue weighted by atomic mass is 16.1. The Balaban J connectivity index is 2.16. The monoisotopic (exact) mass is 260 g/mol. The van der Waals surface area contributed by atoms with Gasteiger partial charge in [0.15, 0.2) is 6.29 Å². The Morgan fingerprint density at radius 3 is 2.47 bits per heavy atom. The van der Waals surface area contributed by atoms with Crippen molar-refractivity contribution in [2.45, 2.75) is 65.2 Å². The Bertz CT molecular complexity index is 442. The molecule has 1 fully saturated rings. The second-order valence-corrected chi connectivity index (χ2v) is 6.52. The van der Waals surface area contributed by atoms with E-state index >= 15 is 0 Å². The predicted octanol–water partition coefficient (Wildman–Crippen LogP) is 4.06. The van der Waals surface area contributed by atoms with Crippen molar-refractivity contribution in [2.24, 2.45) is 5.41 Å². The quantitative estimate of drug-likeness (QED) is 0.753. The van der Waals surface area contributed by atoms with Gasteiger partial charge in [-0.05, 0) is 43.9 Å². The van der Waals surface area contributed by atoms with Crippen molar-refractivity contribution in [1.82, 2.24) is 9.97 Å². The van der Waals surface area contributed by atoms with Crippen molar-refractivity contribution in [3.8, 4) is 0 Å². The highest BCUT2D eigenvalue weighted by Crippen LogP contribution is 2.38. The van der Waals surface area contributed by atoms with E-state index < -0.39 is 0 Å². The lowest BCUT2D eigenvalue weighted by molar-refractivity contribution is 0.111. The van der Waals surface area contributed by atoms with Gasteiger partial charge in [-0.15, -0.1) is 0 Å². The highest BCUT2D eigenvalue weighted by molar-refractivity contribution is 5.74. The normalized spacial score (nSPS) is 20.6. The van der Waals surface area contributed by atoms with Crippen LogP contribution in [0.15, 0.2) is 6.20 Å². The summed E-state index contributed by atoms with van der Waals surface area (Å²) in [5, 5.41) is 0. The molecule has 0 aromatic carbocycles. The maximum atomic E-state index is 11.2. The molecule has 0 atom stereocenters. The third kappa shape index (κ3) is 3.62. The zero-order valence-electron chi connectivity index (χ0n) is 12.3. The summed E-state index contributed by atoms with van der Waals surface area (Å²) in [6.45, 7) is 6.55. The fourth-order valence-electron chi connectivity index (χ4n) is 3.14. The Labute approximate surface area is 115 Å². The van der Waals surface area contributed by atoms with Crippen molar-refractivity contribution >= 4 is 6.29 Å². The lowest BCUT2D eigenvalue weighted by Crippen LogP contribution is -2.16. The van der Waals surface area contributed by atoms with Gasteiger partial charge in [-0.3, -0.25) is 4.79 Å².